The molecule has 2 atom stereocenters. The average molecular weight is 364 g/mol. The third kappa shape index (κ3) is 3.35. The van der Waals surface area contributed by atoms with Gasteiger partial charge in [0, 0.05) is 11.1 Å². The van der Waals surface area contributed by atoms with Gasteiger partial charge in [0.15, 0.2) is 0 Å². The normalized spacial score (nSPS) is 29.1. The van der Waals surface area contributed by atoms with E-state index in [9.17, 15) is 17.8 Å². The summed E-state index contributed by atoms with van der Waals surface area (Å²) in [6.07, 6.45) is 2.46. The van der Waals surface area contributed by atoms with Crippen molar-refractivity contribution in [3.8, 4) is 0 Å². The summed E-state index contributed by atoms with van der Waals surface area (Å²) in [5.41, 5.74) is 3.18. The molecule has 2 fully saturated rings. The van der Waals surface area contributed by atoms with Gasteiger partial charge in [-0.3, -0.25) is 9.35 Å². The molecule has 2 unspecified atom stereocenters. The molecule has 0 heterocycles. The Kier molecular flexibility index (Phi) is 4.49. The number of hydrogen-bond donors (Lipinski definition) is 2. The van der Waals surface area contributed by atoms with Gasteiger partial charge in [-0.1, -0.05) is 44.2 Å². The van der Waals surface area contributed by atoms with Gasteiger partial charge in [0.05, 0.1) is 12.2 Å². The first-order valence-corrected chi connectivity index (χ1v) is 10.1. The largest absolute Gasteiger partial charge is 0.286 e. The molecule has 0 aromatic heterocycles. The molecule has 0 spiro atoms. The highest BCUT2D eigenvalue weighted by atomic mass is 32.2. The quantitative estimate of drug-likeness (QED) is 0.619. The number of nitrogens with zero attached hydrogens (tertiary/aromatic N) is 1. The van der Waals surface area contributed by atoms with Crippen molar-refractivity contribution in [3.63, 3.8) is 0 Å². The van der Waals surface area contributed by atoms with Crippen LogP contribution in [0.4, 0.5) is 0 Å². The van der Waals surface area contributed by atoms with E-state index in [-0.39, 0.29) is 23.5 Å². The van der Waals surface area contributed by atoms with Crippen LogP contribution in [0.2, 0.25) is 0 Å². The van der Waals surface area contributed by atoms with Crippen molar-refractivity contribution in [1.29, 1.82) is 0 Å². The minimum Gasteiger partial charge on any atom is -0.286 e. The number of carbonyl (C=O) groups is 1. The van der Waals surface area contributed by atoms with Crippen molar-refractivity contribution in [2.24, 2.45) is 21.8 Å². The number of nitrogens with one attached hydrogen (secondary N) is 1. The van der Waals surface area contributed by atoms with Crippen LogP contribution in [0.25, 0.3) is 0 Å². The molecule has 1 aromatic carbocycles. The van der Waals surface area contributed by atoms with Crippen molar-refractivity contribution in [3.05, 3.63) is 35.9 Å². The zero-order valence-corrected chi connectivity index (χ0v) is 15.3. The fourth-order valence-corrected chi connectivity index (χ4v) is 5.86. The number of carbonyl (C=O) groups excluding carboxylic acids is 1. The van der Waals surface area contributed by atoms with Crippen LogP contribution in [0, 0.1) is 16.7 Å². The Morgan fingerprint density at radius 1 is 1.32 bits per heavy atom. The smallest absolute Gasteiger partial charge is 0.265 e. The third-order valence-corrected chi connectivity index (χ3v) is 6.98. The molecule has 1 aromatic rings. The lowest BCUT2D eigenvalue weighted by molar-refractivity contribution is -0.120. The summed E-state index contributed by atoms with van der Waals surface area (Å²) in [7, 11) is -4.14. The molecule has 136 valence electrons. The summed E-state index contributed by atoms with van der Waals surface area (Å²) in [5, 5.41) is 4.30. The Hall–Kier alpha value is -1.73. The van der Waals surface area contributed by atoms with Gasteiger partial charge >= 0.3 is 0 Å². The highest BCUT2D eigenvalue weighted by Crippen LogP contribution is 2.64. The predicted octanol–water partition coefficient (Wildman–Crippen LogP) is 2.42. The molecule has 7 heteroatoms. The zero-order valence-electron chi connectivity index (χ0n) is 14.5. The summed E-state index contributed by atoms with van der Waals surface area (Å²) in [5.74, 6) is -0.253. The highest BCUT2D eigenvalue weighted by Gasteiger charge is 2.64. The maximum atomic E-state index is 12.1. The summed E-state index contributed by atoms with van der Waals surface area (Å²) >= 11 is 0. The fraction of sp³-hybridized carbons (Fsp3) is 0.556. The fourth-order valence-electron chi connectivity index (χ4n) is 4.55. The molecule has 2 aliphatic carbocycles. The molecule has 25 heavy (non-hydrogen) atoms. The molecule has 0 saturated heterocycles. The van der Waals surface area contributed by atoms with Gasteiger partial charge in [0.1, 0.15) is 0 Å². The van der Waals surface area contributed by atoms with Crippen LogP contribution in [0.3, 0.4) is 0 Å². The summed E-state index contributed by atoms with van der Waals surface area (Å²) in [6.45, 7) is 4.06. The monoisotopic (exact) mass is 364 g/mol. The standard InChI is InChI=1S/C18H24N2O4S/c1-17(2)14-8-9-18(17,12-25(22,23)24)15(11-14)19-20-16(21)10-13-6-4-3-5-7-13/h3-7,14H,8-12H2,1-2H3,(H,20,21)(H,22,23,24). The number of hydrogen-bond acceptors (Lipinski definition) is 4. The first-order chi connectivity index (χ1) is 11.6. The van der Waals surface area contributed by atoms with Crippen LogP contribution in [0.5, 0.6) is 0 Å². The summed E-state index contributed by atoms with van der Waals surface area (Å²) in [4.78, 5) is 12.1. The van der Waals surface area contributed by atoms with E-state index in [4.69, 9.17) is 0 Å². The van der Waals surface area contributed by atoms with Crippen molar-refractivity contribution in [2.75, 3.05) is 5.75 Å². The Bertz CT molecular complexity index is 802. The number of hydrazone groups is 1. The van der Waals surface area contributed by atoms with Crippen LogP contribution in [0.1, 0.15) is 38.7 Å². The van der Waals surface area contributed by atoms with Crippen molar-refractivity contribution >= 4 is 21.7 Å². The second kappa shape index (κ2) is 6.21. The van der Waals surface area contributed by atoms with Gasteiger partial charge in [-0.25, -0.2) is 5.43 Å². The lowest BCUT2D eigenvalue weighted by atomic mass is 9.70. The van der Waals surface area contributed by atoms with Gasteiger partial charge in [-0.05, 0) is 36.2 Å². The first-order valence-electron chi connectivity index (χ1n) is 8.49. The SMILES string of the molecule is CC1(C)C2CCC1(CS(=O)(=O)O)C(=NNC(=O)Cc1ccccc1)C2. The molecule has 0 aliphatic heterocycles. The van der Waals surface area contributed by atoms with E-state index >= 15 is 0 Å². The Morgan fingerprint density at radius 2 is 2.00 bits per heavy atom. The van der Waals surface area contributed by atoms with E-state index in [1.165, 1.54) is 0 Å². The zero-order chi connectivity index (χ0) is 18.3. The second-order valence-corrected chi connectivity index (χ2v) is 9.18. The topological polar surface area (TPSA) is 95.8 Å². The molecular weight excluding hydrogens is 340 g/mol. The maximum absolute atomic E-state index is 12.1. The van der Waals surface area contributed by atoms with Crippen LogP contribution < -0.4 is 5.43 Å². The highest BCUT2D eigenvalue weighted by molar-refractivity contribution is 7.85. The molecule has 1 amide bonds. The van der Waals surface area contributed by atoms with E-state index in [1.807, 2.05) is 44.2 Å². The number of rotatable bonds is 5. The summed E-state index contributed by atoms with van der Waals surface area (Å²) in [6, 6.07) is 9.36. The lowest BCUT2D eigenvalue weighted by Gasteiger charge is -2.37. The molecule has 2 aliphatic rings. The number of amides is 1. The maximum Gasteiger partial charge on any atom is 0.265 e. The average Bonchev–Trinajstić information content (AvgIpc) is 2.86. The molecule has 2 N–H and O–H groups in total. The first kappa shape index (κ1) is 18.1. The lowest BCUT2D eigenvalue weighted by Crippen LogP contribution is -2.43. The van der Waals surface area contributed by atoms with E-state index < -0.39 is 15.5 Å². The molecule has 2 saturated carbocycles. The van der Waals surface area contributed by atoms with E-state index in [2.05, 4.69) is 10.5 Å². The van der Waals surface area contributed by atoms with Gasteiger partial charge in [-0.15, -0.1) is 0 Å². The van der Waals surface area contributed by atoms with E-state index in [0.29, 0.717) is 24.5 Å². The van der Waals surface area contributed by atoms with Crippen LogP contribution in [0.15, 0.2) is 35.4 Å². The predicted molar refractivity (Wildman–Crippen MR) is 95.7 cm³/mol. The summed E-state index contributed by atoms with van der Waals surface area (Å²) < 4.78 is 32.6. The second-order valence-electron chi connectivity index (χ2n) is 7.73. The van der Waals surface area contributed by atoms with Gasteiger partial charge < -0.3 is 0 Å². The number of benzene rings is 1. The van der Waals surface area contributed by atoms with Crippen molar-refractivity contribution in [2.45, 2.75) is 39.5 Å². The van der Waals surface area contributed by atoms with Crippen molar-refractivity contribution < 1.29 is 17.8 Å². The molecular formula is C18H24N2O4S. The number of fused-ring (bicyclic) bond motifs is 2. The van der Waals surface area contributed by atoms with Gasteiger partial charge in [0.25, 0.3) is 10.1 Å². The molecule has 3 rings (SSSR count). The molecule has 0 radical (unpaired) electrons. The minimum absolute atomic E-state index is 0.218. The minimum atomic E-state index is -4.14. The third-order valence-electron chi connectivity index (χ3n) is 6.12. The van der Waals surface area contributed by atoms with Crippen LogP contribution in [-0.4, -0.2) is 30.3 Å². The Labute approximate surface area is 148 Å². The van der Waals surface area contributed by atoms with Crippen molar-refractivity contribution in [1.82, 2.24) is 5.43 Å². The Balaban J connectivity index is 1.79. The van der Waals surface area contributed by atoms with Gasteiger partial charge in [0.2, 0.25) is 5.91 Å². The van der Waals surface area contributed by atoms with E-state index in [1.54, 1.807) is 0 Å². The Morgan fingerprint density at radius 3 is 2.60 bits per heavy atom. The van der Waals surface area contributed by atoms with Gasteiger partial charge in [-0.2, -0.15) is 13.5 Å². The molecule has 6 nitrogen and oxygen atoms in total. The van der Waals surface area contributed by atoms with E-state index in [0.717, 1.165) is 12.0 Å². The van der Waals surface area contributed by atoms with Crippen LogP contribution >= 0.6 is 0 Å². The molecule has 2 bridgehead atoms. The van der Waals surface area contributed by atoms with Crippen LogP contribution in [-0.2, 0) is 21.3 Å².